The van der Waals surface area contributed by atoms with Crippen LogP contribution in [0.15, 0.2) is 65.4 Å². The highest BCUT2D eigenvalue weighted by molar-refractivity contribution is 5.93. The van der Waals surface area contributed by atoms with Gasteiger partial charge in [-0.15, -0.1) is 0 Å². The van der Waals surface area contributed by atoms with E-state index in [1.807, 2.05) is 49.4 Å². The summed E-state index contributed by atoms with van der Waals surface area (Å²) in [6, 6.07) is 14.8. The molecule has 1 atom stereocenters. The van der Waals surface area contributed by atoms with Crippen molar-refractivity contribution in [3.63, 3.8) is 0 Å². The number of carbonyl (C=O) groups is 1. The number of nitrogens with zero attached hydrogens (tertiary/aromatic N) is 2. The minimum absolute atomic E-state index is 0.132. The molecule has 22 heavy (non-hydrogen) atoms. The Hall–Kier alpha value is -2.95. The summed E-state index contributed by atoms with van der Waals surface area (Å²) in [6.07, 6.45) is 3.39. The van der Waals surface area contributed by atoms with Gasteiger partial charge in [-0.2, -0.15) is 0 Å². The van der Waals surface area contributed by atoms with E-state index in [9.17, 15) is 4.79 Å². The summed E-state index contributed by atoms with van der Waals surface area (Å²) in [5.74, 6) is 0.303. The smallest absolute Gasteiger partial charge is 0.273 e. The fraction of sp³-hybridized carbons (Fsp3) is 0.118. The van der Waals surface area contributed by atoms with Crippen LogP contribution in [0, 0.1) is 0 Å². The Morgan fingerprint density at radius 3 is 2.59 bits per heavy atom. The first-order valence-electron chi connectivity index (χ1n) is 6.97. The molecule has 0 saturated heterocycles. The molecule has 2 aromatic heterocycles. The molecule has 3 aromatic rings. The third-order valence-electron chi connectivity index (χ3n) is 3.35. The Morgan fingerprint density at radius 2 is 1.86 bits per heavy atom. The lowest BCUT2D eigenvalue weighted by atomic mass is 10.1. The molecule has 0 aliphatic rings. The van der Waals surface area contributed by atoms with Gasteiger partial charge in [-0.25, -0.2) is 0 Å². The standard InChI is InChI=1S/C17H15N3O2/c1-12(13-7-9-18-10-8-13)19-17(21)15-11-16(22-20-15)14-5-3-2-4-6-14/h2-12H,1H3,(H,19,21). The number of rotatable bonds is 4. The molecule has 0 radical (unpaired) electrons. The van der Waals surface area contributed by atoms with E-state index >= 15 is 0 Å². The van der Waals surface area contributed by atoms with Gasteiger partial charge in [-0.3, -0.25) is 9.78 Å². The molecular weight excluding hydrogens is 278 g/mol. The molecule has 0 aliphatic carbocycles. The third kappa shape index (κ3) is 3.03. The van der Waals surface area contributed by atoms with E-state index in [0.29, 0.717) is 5.76 Å². The van der Waals surface area contributed by atoms with Crippen LogP contribution in [0.2, 0.25) is 0 Å². The Kier molecular flexibility index (Phi) is 3.96. The van der Waals surface area contributed by atoms with Gasteiger partial charge in [0.05, 0.1) is 6.04 Å². The number of amides is 1. The Morgan fingerprint density at radius 1 is 1.14 bits per heavy atom. The van der Waals surface area contributed by atoms with Crippen molar-refractivity contribution in [3.8, 4) is 11.3 Å². The SMILES string of the molecule is CC(NC(=O)c1cc(-c2ccccc2)on1)c1ccncc1. The van der Waals surface area contributed by atoms with Crippen LogP contribution in [0.25, 0.3) is 11.3 Å². The average Bonchev–Trinajstić information content (AvgIpc) is 3.06. The number of carbonyl (C=O) groups excluding carboxylic acids is 1. The summed E-state index contributed by atoms with van der Waals surface area (Å²) in [4.78, 5) is 16.2. The molecule has 0 spiro atoms. The number of aromatic nitrogens is 2. The van der Waals surface area contributed by atoms with Crippen LogP contribution in [-0.4, -0.2) is 16.0 Å². The monoisotopic (exact) mass is 293 g/mol. The van der Waals surface area contributed by atoms with Gasteiger partial charge in [-0.05, 0) is 24.6 Å². The predicted octanol–water partition coefficient (Wildman–Crippen LogP) is 3.23. The Bertz CT molecular complexity index is 754. The second kappa shape index (κ2) is 6.22. The highest BCUT2D eigenvalue weighted by Gasteiger charge is 2.16. The van der Waals surface area contributed by atoms with Crippen molar-refractivity contribution < 1.29 is 9.32 Å². The van der Waals surface area contributed by atoms with Crippen molar-refractivity contribution in [2.75, 3.05) is 0 Å². The van der Waals surface area contributed by atoms with Crippen LogP contribution < -0.4 is 5.32 Å². The number of hydrogen-bond acceptors (Lipinski definition) is 4. The number of hydrogen-bond donors (Lipinski definition) is 1. The van der Waals surface area contributed by atoms with E-state index < -0.39 is 0 Å². The van der Waals surface area contributed by atoms with E-state index in [1.165, 1.54) is 0 Å². The second-order valence-electron chi connectivity index (χ2n) is 4.92. The normalized spacial score (nSPS) is 11.9. The highest BCUT2D eigenvalue weighted by Crippen LogP contribution is 2.20. The maximum absolute atomic E-state index is 12.2. The molecule has 2 heterocycles. The highest BCUT2D eigenvalue weighted by atomic mass is 16.5. The molecule has 1 aromatic carbocycles. The molecular formula is C17H15N3O2. The van der Waals surface area contributed by atoms with E-state index in [-0.39, 0.29) is 17.6 Å². The van der Waals surface area contributed by atoms with E-state index in [4.69, 9.17) is 4.52 Å². The van der Waals surface area contributed by atoms with Gasteiger partial charge >= 0.3 is 0 Å². The van der Waals surface area contributed by atoms with Crippen molar-refractivity contribution in [1.82, 2.24) is 15.5 Å². The lowest BCUT2D eigenvalue weighted by Gasteiger charge is -2.12. The molecule has 1 unspecified atom stereocenters. The maximum atomic E-state index is 12.2. The minimum atomic E-state index is -0.268. The van der Waals surface area contributed by atoms with Crippen LogP contribution >= 0.6 is 0 Å². The summed E-state index contributed by atoms with van der Waals surface area (Å²) in [5, 5.41) is 6.73. The van der Waals surface area contributed by atoms with E-state index in [0.717, 1.165) is 11.1 Å². The molecule has 1 amide bonds. The topological polar surface area (TPSA) is 68.0 Å². The largest absolute Gasteiger partial charge is 0.355 e. The lowest BCUT2D eigenvalue weighted by Crippen LogP contribution is -2.26. The summed E-state index contributed by atoms with van der Waals surface area (Å²) < 4.78 is 5.24. The molecule has 1 N–H and O–H groups in total. The Balaban J connectivity index is 1.72. The molecule has 0 aliphatic heterocycles. The second-order valence-corrected chi connectivity index (χ2v) is 4.92. The summed E-state index contributed by atoms with van der Waals surface area (Å²) in [6.45, 7) is 1.91. The van der Waals surface area contributed by atoms with Gasteiger partial charge < -0.3 is 9.84 Å². The molecule has 110 valence electrons. The van der Waals surface area contributed by atoms with Gasteiger partial charge in [0, 0.05) is 24.0 Å². The first kappa shape index (κ1) is 14.0. The van der Waals surface area contributed by atoms with E-state index in [2.05, 4.69) is 15.5 Å². The number of nitrogens with one attached hydrogen (secondary N) is 1. The molecule has 0 fully saturated rings. The van der Waals surface area contributed by atoms with Gasteiger partial charge in [-0.1, -0.05) is 35.5 Å². The quantitative estimate of drug-likeness (QED) is 0.802. The van der Waals surface area contributed by atoms with Gasteiger partial charge in [0.1, 0.15) is 0 Å². The average molecular weight is 293 g/mol. The molecule has 0 bridgehead atoms. The van der Waals surface area contributed by atoms with Gasteiger partial charge in [0.2, 0.25) is 0 Å². The Labute approximate surface area is 128 Å². The predicted molar refractivity (Wildman–Crippen MR) is 82.1 cm³/mol. The van der Waals surface area contributed by atoms with Crippen molar-refractivity contribution in [2.45, 2.75) is 13.0 Å². The minimum Gasteiger partial charge on any atom is -0.355 e. The lowest BCUT2D eigenvalue weighted by molar-refractivity contribution is 0.0931. The summed E-state index contributed by atoms with van der Waals surface area (Å²) >= 11 is 0. The molecule has 3 rings (SSSR count). The van der Waals surface area contributed by atoms with Crippen LogP contribution in [0.1, 0.15) is 29.0 Å². The van der Waals surface area contributed by atoms with Crippen LogP contribution in [0.4, 0.5) is 0 Å². The summed E-state index contributed by atoms with van der Waals surface area (Å²) in [5.41, 5.74) is 2.13. The zero-order valence-electron chi connectivity index (χ0n) is 12.1. The molecule has 5 nitrogen and oxygen atoms in total. The summed E-state index contributed by atoms with van der Waals surface area (Å²) in [7, 11) is 0. The first-order valence-corrected chi connectivity index (χ1v) is 6.97. The zero-order chi connectivity index (χ0) is 15.4. The van der Waals surface area contributed by atoms with Crippen molar-refractivity contribution >= 4 is 5.91 Å². The molecule has 5 heteroatoms. The zero-order valence-corrected chi connectivity index (χ0v) is 12.1. The fourth-order valence-corrected chi connectivity index (χ4v) is 2.13. The van der Waals surface area contributed by atoms with Gasteiger partial charge in [0.15, 0.2) is 11.5 Å². The van der Waals surface area contributed by atoms with Crippen LogP contribution in [-0.2, 0) is 0 Å². The van der Waals surface area contributed by atoms with Crippen molar-refractivity contribution in [1.29, 1.82) is 0 Å². The van der Waals surface area contributed by atoms with Crippen LogP contribution in [0.5, 0.6) is 0 Å². The van der Waals surface area contributed by atoms with E-state index in [1.54, 1.807) is 18.5 Å². The number of pyridine rings is 1. The van der Waals surface area contributed by atoms with Crippen molar-refractivity contribution in [3.05, 3.63) is 72.2 Å². The maximum Gasteiger partial charge on any atom is 0.273 e. The van der Waals surface area contributed by atoms with Crippen molar-refractivity contribution in [2.24, 2.45) is 0 Å². The van der Waals surface area contributed by atoms with Gasteiger partial charge in [0.25, 0.3) is 5.91 Å². The third-order valence-corrected chi connectivity index (χ3v) is 3.35. The first-order chi connectivity index (χ1) is 10.7. The van der Waals surface area contributed by atoms with Crippen LogP contribution in [0.3, 0.4) is 0 Å². The molecule has 0 saturated carbocycles. The fourth-order valence-electron chi connectivity index (χ4n) is 2.13. The number of benzene rings is 1.